The summed E-state index contributed by atoms with van der Waals surface area (Å²) in [5.41, 5.74) is 0. The van der Waals surface area contributed by atoms with Crippen LogP contribution in [0.25, 0.3) is 0 Å². The zero-order valence-corrected chi connectivity index (χ0v) is 24.1. The standard InChI is InChI=1S/C26H52NO9P/c1-4-5-6-7-10-13-19-34-20-14-11-8-9-12-17-24(29)27-18-15-16-22-25(32-2)26(23(21-28)35-22)36-37(30,31)33-3/h22-23,25-26,28H,4-21H2,1-3H3,(H,27,29)(H,30,31)/t22-,23+,25-,26+/m0/s1. The lowest BCUT2D eigenvalue weighted by molar-refractivity contribution is -0.121. The summed E-state index contributed by atoms with van der Waals surface area (Å²) in [6.45, 7) is 4.06. The molecule has 0 spiro atoms. The van der Waals surface area contributed by atoms with Gasteiger partial charge in [0.2, 0.25) is 5.91 Å². The number of phosphoric acid groups is 1. The summed E-state index contributed by atoms with van der Waals surface area (Å²) < 4.78 is 38.3. The summed E-state index contributed by atoms with van der Waals surface area (Å²) in [6.07, 6.45) is 11.9. The molecule has 0 aromatic rings. The van der Waals surface area contributed by atoms with Crippen molar-refractivity contribution in [3.05, 3.63) is 0 Å². The molecule has 1 unspecified atom stereocenters. The highest BCUT2D eigenvalue weighted by Gasteiger charge is 2.48. The highest BCUT2D eigenvalue weighted by Crippen LogP contribution is 2.47. The van der Waals surface area contributed by atoms with Crippen LogP contribution < -0.4 is 5.32 Å². The van der Waals surface area contributed by atoms with Crippen LogP contribution in [-0.2, 0) is 32.6 Å². The van der Waals surface area contributed by atoms with Crippen LogP contribution in [0.15, 0.2) is 0 Å². The summed E-state index contributed by atoms with van der Waals surface area (Å²) >= 11 is 0. The van der Waals surface area contributed by atoms with Gasteiger partial charge in [-0.2, -0.15) is 0 Å². The second-order valence-electron chi connectivity index (χ2n) is 9.71. The Balaban J connectivity index is 2.05. The molecular weight excluding hydrogens is 501 g/mol. The second-order valence-corrected chi connectivity index (χ2v) is 11.2. The van der Waals surface area contributed by atoms with Crippen LogP contribution in [-0.4, -0.2) is 80.9 Å². The van der Waals surface area contributed by atoms with E-state index in [4.69, 9.17) is 18.7 Å². The molecule has 10 nitrogen and oxygen atoms in total. The van der Waals surface area contributed by atoms with E-state index in [1.54, 1.807) is 0 Å². The zero-order chi connectivity index (χ0) is 27.4. The molecular formula is C26H52NO9P. The number of methoxy groups -OCH3 is 1. The lowest BCUT2D eigenvalue weighted by Gasteiger charge is -2.24. The Kier molecular flexibility index (Phi) is 19.8. The number of hydrogen-bond acceptors (Lipinski definition) is 8. The van der Waals surface area contributed by atoms with Crippen molar-refractivity contribution in [2.24, 2.45) is 0 Å². The molecule has 0 saturated carbocycles. The zero-order valence-electron chi connectivity index (χ0n) is 23.2. The van der Waals surface area contributed by atoms with E-state index in [0.717, 1.165) is 52.4 Å². The summed E-state index contributed by atoms with van der Waals surface area (Å²) in [5.74, 6) is 0.0358. The van der Waals surface area contributed by atoms with Gasteiger partial charge in [0.1, 0.15) is 18.3 Å². The first-order chi connectivity index (χ1) is 17.9. The molecule has 1 aliphatic rings. The predicted octanol–water partition coefficient (Wildman–Crippen LogP) is 4.51. The number of rotatable bonds is 24. The van der Waals surface area contributed by atoms with E-state index in [1.807, 2.05) is 0 Å². The van der Waals surface area contributed by atoms with Gasteiger partial charge in [-0.05, 0) is 32.1 Å². The minimum atomic E-state index is -4.26. The minimum absolute atomic E-state index is 0.0358. The second kappa shape index (κ2) is 21.3. The Morgan fingerprint density at radius 3 is 2.11 bits per heavy atom. The molecule has 0 radical (unpaired) electrons. The average molecular weight is 554 g/mol. The van der Waals surface area contributed by atoms with Crippen LogP contribution in [0.2, 0.25) is 0 Å². The molecule has 5 atom stereocenters. The van der Waals surface area contributed by atoms with Gasteiger partial charge in [0.05, 0.1) is 12.7 Å². The molecule has 1 saturated heterocycles. The van der Waals surface area contributed by atoms with Crippen molar-refractivity contribution in [1.82, 2.24) is 5.32 Å². The highest BCUT2D eigenvalue weighted by atomic mass is 31.2. The Hall–Kier alpha value is -0.580. The van der Waals surface area contributed by atoms with Gasteiger partial charge in [-0.15, -0.1) is 0 Å². The van der Waals surface area contributed by atoms with Gasteiger partial charge in [0.25, 0.3) is 0 Å². The molecule has 1 rings (SSSR count). The molecule has 0 aliphatic carbocycles. The van der Waals surface area contributed by atoms with Crippen molar-refractivity contribution in [1.29, 1.82) is 0 Å². The van der Waals surface area contributed by atoms with Crippen LogP contribution in [0.1, 0.15) is 96.8 Å². The van der Waals surface area contributed by atoms with Crippen LogP contribution in [0.4, 0.5) is 0 Å². The van der Waals surface area contributed by atoms with Gasteiger partial charge < -0.3 is 29.5 Å². The first-order valence-corrected chi connectivity index (χ1v) is 15.6. The van der Waals surface area contributed by atoms with Crippen LogP contribution in [0, 0.1) is 0 Å². The van der Waals surface area contributed by atoms with Crippen LogP contribution in [0.5, 0.6) is 0 Å². The number of unbranched alkanes of at least 4 members (excludes halogenated alkanes) is 9. The minimum Gasteiger partial charge on any atom is -0.394 e. The predicted molar refractivity (Wildman–Crippen MR) is 142 cm³/mol. The average Bonchev–Trinajstić information content (AvgIpc) is 3.22. The number of aliphatic hydroxyl groups excluding tert-OH is 1. The molecule has 1 amide bonds. The number of phosphoric ester groups is 1. The van der Waals surface area contributed by atoms with E-state index < -0.39 is 32.2 Å². The summed E-state index contributed by atoms with van der Waals surface area (Å²) in [5, 5.41) is 12.5. The lowest BCUT2D eigenvalue weighted by atomic mass is 10.0. The topological polar surface area (TPSA) is 133 Å². The first kappa shape index (κ1) is 34.4. The molecule has 0 bridgehead atoms. The molecule has 220 valence electrons. The SMILES string of the molecule is CCCCCCCCOCCCCCCCC(=O)NCCC[C@@H]1O[C@H](CO)[C@@H](OP(=O)(O)OC)[C@H]1OC. The van der Waals surface area contributed by atoms with E-state index in [-0.39, 0.29) is 12.5 Å². The van der Waals surface area contributed by atoms with Crippen molar-refractivity contribution in [2.45, 2.75) is 121 Å². The maximum atomic E-state index is 12.1. The number of hydrogen-bond donors (Lipinski definition) is 3. The fourth-order valence-corrected chi connectivity index (χ4v) is 5.17. The van der Waals surface area contributed by atoms with Gasteiger partial charge in [0.15, 0.2) is 0 Å². The Morgan fingerprint density at radius 2 is 1.51 bits per heavy atom. The Labute approximate surface area is 223 Å². The first-order valence-electron chi connectivity index (χ1n) is 14.1. The fourth-order valence-electron chi connectivity index (χ4n) is 4.52. The third-order valence-electron chi connectivity index (χ3n) is 6.67. The Morgan fingerprint density at radius 1 is 0.892 bits per heavy atom. The number of ether oxygens (including phenoxy) is 3. The number of carbonyl (C=O) groups excluding carboxylic acids is 1. The van der Waals surface area contributed by atoms with Crippen molar-refractivity contribution in [3.8, 4) is 0 Å². The maximum Gasteiger partial charge on any atom is 0.472 e. The normalized spacial score (nSPS) is 23.3. The van der Waals surface area contributed by atoms with Gasteiger partial charge in [-0.25, -0.2) is 4.57 Å². The van der Waals surface area contributed by atoms with Crippen molar-refractivity contribution in [2.75, 3.05) is 40.6 Å². The van der Waals surface area contributed by atoms with Gasteiger partial charge >= 0.3 is 7.82 Å². The van der Waals surface area contributed by atoms with Gasteiger partial charge in [-0.3, -0.25) is 13.8 Å². The number of nitrogens with one attached hydrogen (secondary N) is 1. The molecule has 1 fully saturated rings. The van der Waals surface area contributed by atoms with Gasteiger partial charge in [-0.1, -0.05) is 58.3 Å². The van der Waals surface area contributed by atoms with Gasteiger partial charge in [0, 0.05) is 40.4 Å². The van der Waals surface area contributed by atoms with E-state index in [1.165, 1.54) is 45.6 Å². The molecule has 0 aromatic heterocycles. The van der Waals surface area contributed by atoms with E-state index in [2.05, 4.69) is 16.8 Å². The summed E-state index contributed by atoms with van der Waals surface area (Å²) in [7, 11) is -1.73. The molecule has 11 heteroatoms. The molecule has 1 aliphatic heterocycles. The summed E-state index contributed by atoms with van der Waals surface area (Å²) in [6, 6.07) is 0. The summed E-state index contributed by atoms with van der Waals surface area (Å²) in [4.78, 5) is 21.7. The van der Waals surface area contributed by atoms with E-state index in [0.29, 0.717) is 25.8 Å². The molecule has 1 heterocycles. The fraction of sp³-hybridized carbons (Fsp3) is 0.962. The third-order valence-corrected chi connectivity index (χ3v) is 7.64. The van der Waals surface area contributed by atoms with Crippen molar-refractivity contribution < 1.29 is 42.6 Å². The van der Waals surface area contributed by atoms with E-state index in [9.17, 15) is 19.4 Å². The maximum absolute atomic E-state index is 12.1. The smallest absolute Gasteiger partial charge is 0.394 e. The Bertz CT molecular complexity index is 625. The lowest BCUT2D eigenvalue weighted by Crippen LogP contribution is -2.37. The number of amides is 1. The third kappa shape index (κ3) is 15.6. The molecule has 3 N–H and O–H groups in total. The van der Waals surface area contributed by atoms with Crippen LogP contribution in [0.3, 0.4) is 0 Å². The van der Waals surface area contributed by atoms with Crippen molar-refractivity contribution in [3.63, 3.8) is 0 Å². The number of carbonyl (C=O) groups is 1. The van der Waals surface area contributed by atoms with Crippen LogP contribution >= 0.6 is 7.82 Å². The molecule has 0 aromatic carbocycles. The largest absolute Gasteiger partial charge is 0.472 e. The van der Waals surface area contributed by atoms with Crippen molar-refractivity contribution >= 4 is 13.7 Å². The number of aliphatic hydroxyl groups is 1. The quantitative estimate of drug-likeness (QED) is 0.117. The van der Waals surface area contributed by atoms with E-state index >= 15 is 0 Å². The highest BCUT2D eigenvalue weighted by molar-refractivity contribution is 7.47. The monoisotopic (exact) mass is 553 g/mol. The molecule has 37 heavy (non-hydrogen) atoms.